The first-order valence-electron chi connectivity index (χ1n) is 11.9. The van der Waals surface area contributed by atoms with Gasteiger partial charge in [0.05, 0.1) is 40.5 Å². The Kier molecular flexibility index (Phi) is 9.58. The van der Waals surface area contributed by atoms with Gasteiger partial charge in [-0.1, -0.05) is 48.7 Å². The minimum atomic E-state index is -0.663. The van der Waals surface area contributed by atoms with Crippen LogP contribution in [0.1, 0.15) is 36.5 Å². The fraction of sp³-hybridized carbons (Fsp3) is 0.276. The first kappa shape index (κ1) is 27.6. The number of dihydropyridines is 1. The van der Waals surface area contributed by atoms with Crippen molar-refractivity contribution >= 4 is 29.3 Å². The van der Waals surface area contributed by atoms with Gasteiger partial charge in [-0.2, -0.15) is 5.26 Å². The molecule has 2 aromatic rings. The minimum absolute atomic E-state index is 0.0529. The Hall–Kier alpha value is -3.96. The number of nitrogens with one attached hydrogen (secondary N) is 2. The number of carbonyl (C=O) groups excluding carboxylic acids is 2. The lowest BCUT2D eigenvalue weighted by atomic mass is 9.82. The highest BCUT2D eigenvalue weighted by Crippen LogP contribution is 2.41. The Morgan fingerprint density at radius 2 is 1.92 bits per heavy atom. The van der Waals surface area contributed by atoms with Crippen LogP contribution in [-0.4, -0.2) is 30.8 Å². The molecule has 192 valence electrons. The molecule has 0 aromatic heterocycles. The number of benzene rings is 2. The fourth-order valence-corrected chi connectivity index (χ4v) is 4.85. The molecule has 1 aliphatic rings. The molecule has 0 unspecified atom stereocenters. The number of esters is 1. The van der Waals surface area contributed by atoms with Crippen LogP contribution in [0.25, 0.3) is 0 Å². The van der Waals surface area contributed by atoms with Gasteiger partial charge in [0.2, 0.25) is 5.91 Å². The molecule has 8 heteroatoms. The second-order valence-electron chi connectivity index (χ2n) is 8.50. The van der Waals surface area contributed by atoms with E-state index >= 15 is 0 Å². The summed E-state index contributed by atoms with van der Waals surface area (Å²) >= 11 is 1.22. The number of rotatable bonds is 10. The van der Waals surface area contributed by atoms with Crippen molar-refractivity contribution in [2.24, 2.45) is 0 Å². The zero-order chi connectivity index (χ0) is 26.9. The van der Waals surface area contributed by atoms with Crippen LogP contribution in [0.2, 0.25) is 0 Å². The number of thioether (sulfide) groups is 1. The number of amides is 1. The van der Waals surface area contributed by atoms with Crippen LogP contribution in [0.15, 0.2) is 77.0 Å². The molecule has 37 heavy (non-hydrogen) atoms. The molecular weight excluding hydrogens is 486 g/mol. The Balaban J connectivity index is 1.91. The van der Waals surface area contributed by atoms with Gasteiger partial charge < -0.3 is 20.1 Å². The average Bonchev–Trinajstić information content (AvgIpc) is 2.88. The van der Waals surface area contributed by atoms with E-state index in [9.17, 15) is 14.9 Å². The van der Waals surface area contributed by atoms with Crippen molar-refractivity contribution in [2.45, 2.75) is 33.6 Å². The van der Waals surface area contributed by atoms with E-state index < -0.39 is 11.9 Å². The van der Waals surface area contributed by atoms with E-state index in [1.54, 1.807) is 6.92 Å². The average molecular weight is 518 g/mol. The smallest absolute Gasteiger partial charge is 0.337 e. The highest BCUT2D eigenvalue weighted by atomic mass is 32.2. The van der Waals surface area contributed by atoms with Crippen LogP contribution in [0.4, 0.5) is 5.69 Å². The zero-order valence-electron chi connectivity index (χ0n) is 21.5. The monoisotopic (exact) mass is 517 g/mol. The molecule has 0 saturated heterocycles. The highest BCUT2D eigenvalue weighted by molar-refractivity contribution is 8.03. The third kappa shape index (κ3) is 6.83. The highest BCUT2D eigenvalue weighted by Gasteiger charge is 2.35. The first-order valence-corrected chi connectivity index (χ1v) is 12.9. The van der Waals surface area contributed by atoms with Crippen LogP contribution in [0.5, 0.6) is 5.75 Å². The maximum absolute atomic E-state index is 13.0. The first-order chi connectivity index (χ1) is 17.8. The molecule has 2 aromatic carbocycles. The van der Waals surface area contributed by atoms with E-state index in [1.165, 1.54) is 17.8 Å². The van der Waals surface area contributed by atoms with Gasteiger partial charge in [-0.3, -0.25) is 4.79 Å². The summed E-state index contributed by atoms with van der Waals surface area (Å²) in [6, 6.07) is 15.4. The zero-order valence-corrected chi connectivity index (χ0v) is 22.3. The van der Waals surface area contributed by atoms with Gasteiger partial charge in [0, 0.05) is 11.4 Å². The summed E-state index contributed by atoms with van der Waals surface area (Å²) in [6.45, 7) is 11.7. The van der Waals surface area contributed by atoms with Crippen molar-refractivity contribution in [1.82, 2.24) is 5.32 Å². The topological polar surface area (TPSA) is 100 Å². The number of hydrogen-bond donors (Lipinski definition) is 2. The molecule has 0 bridgehead atoms. The quantitative estimate of drug-likeness (QED) is 0.317. The van der Waals surface area contributed by atoms with Crippen molar-refractivity contribution in [3.8, 4) is 11.8 Å². The predicted molar refractivity (Wildman–Crippen MR) is 147 cm³/mol. The van der Waals surface area contributed by atoms with Gasteiger partial charge in [0.25, 0.3) is 0 Å². The molecular formula is C29H31N3O4S. The van der Waals surface area contributed by atoms with Crippen LogP contribution in [-0.2, 0) is 14.3 Å². The van der Waals surface area contributed by atoms with Crippen molar-refractivity contribution in [3.63, 3.8) is 0 Å². The summed E-state index contributed by atoms with van der Waals surface area (Å²) in [5, 5.41) is 16.8. The lowest BCUT2D eigenvalue weighted by Gasteiger charge is -2.29. The fourth-order valence-electron chi connectivity index (χ4n) is 3.96. The minimum Gasteiger partial charge on any atom is -0.494 e. The third-order valence-corrected chi connectivity index (χ3v) is 6.76. The number of nitrogens with zero attached hydrogens (tertiary/aromatic N) is 1. The number of allylic oxidation sites excluding steroid dienone is 2. The Labute approximate surface area is 222 Å². The number of aryl methyl sites for hydroxylation is 2. The molecule has 0 saturated carbocycles. The Bertz CT molecular complexity index is 1290. The second-order valence-corrected chi connectivity index (χ2v) is 9.48. The van der Waals surface area contributed by atoms with E-state index in [0.717, 1.165) is 22.4 Å². The van der Waals surface area contributed by atoms with E-state index in [0.29, 0.717) is 34.2 Å². The Morgan fingerprint density at radius 1 is 1.19 bits per heavy atom. The maximum Gasteiger partial charge on any atom is 0.337 e. The van der Waals surface area contributed by atoms with Gasteiger partial charge >= 0.3 is 5.97 Å². The number of nitriles is 1. The Morgan fingerprint density at radius 3 is 2.57 bits per heavy atom. The van der Waals surface area contributed by atoms with Crippen molar-refractivity contribution in [1.29, 1.82) is 5.26 Å². The molecule has 1 amide bonds. The molecule has 0 aliphatic carbocycles. The van der Waals surface area contributed by atoms with Gasteiger partial charge in [-0.25, -0.2) is 4.79 Å². The van der Waals surface area contributed by atoms with Crippen LogP contribution >= 0.6 is 11.8 Å². The van der Waals surface area contributed by atoms with Gasteiger partial charge in [0.15, 0.2) is 0 Å². The summed E-state index contributed by atoms with van der Waals surface area (Å²) in [7, 11) is 0. The van der Waals surface area contributed by atoms with E-state index in [4.69, 9.17) is 9.47 Å². The van der Waals surface area contributed by atoms with E-state index in [1.807, 2.05) is 63.2 Å². The molecule has 1 atom stereocenters. The lowest BCUT2D eigenvalue weighted by Crippen LogP contribution is -2.29. The molecule has 7 nitrogen and oxygen atoms in total. The molecule has 0 radical (unpaired) electrons. The molecule has 1 heterocycles. The molecule has 2 N–H and O–H groups in total. The molecule has 3 rings (SSSR count). The van der Waals surface area contributed by atoms with Gasteiger partial charge in [-0.15, -0.1) is 0 Å². The molecule has 0 spiro atoms. The predicted octanol–water partition coefficient (Wildman–Crippen LogP) is 5.50. The standard InChI is InChI=1S/C29H31N3O4S/c1-6-14-36-29(34)26-20(5)31-28(37-17-25(33)32-24-15-18(3)8-9-19(24)4)23(16-30)27(26)21-10-12-22(13-11-21)35-7-2/h6,8-13,15,27,31H,1,7,14,17H2,2-5H3,(H,32,33)/t27-/m1/s1. The van der Waals surface area contributed by atoms with Crippen molar-refractivity contribution in [2.75, 3.05) is 24.3 Å². The van der Waals surface area contributed by atoms with E-state index in [-0.39, 0.29) is 18.3 Å². The summed E-state index contributed by atoms with van der Waals surface area (Å²) in [4.78, 5) is 25.8. The van der Waals surface area contributed by atoms with E-state index in [2.05, 4.69) is 23.3 Å². The summed E-state index contributed by atoms with van der Waals surface area (Å²) < 4.78 is 10.9. The third-order valence-electron chi connectivity index (χ3n) is 5.74. The van der Waals surface area contributed by atoms with Crippen LogP contribution in [0.3, 0.4) is 0 Å². The van der Waals surface area contributed by atoms with Crippen LogP contribution < -0.4 is 15.4 Å². The largest absolute Gasteiger partial charge is 0.494 e. The molecule has 1 aliphatic heterocycles. The number of hydrogen-bond acceptors (Lipinski definition) is 7. The lowest BCUT2D eigenvalue weighted by molar-refractivity contribution is -0.138. The number of ether oxygens (including phenoxy) is 2. The second kappa shape index (κ2) is 12.8. The summed E-state index contributed by atoms with van der Waals surface area (Å²) in [5.74, 6) is -0.616. The normalized spacial score (nSPS) is 14.9. The van der Waals surface area contributed by atoms with Crippen molar-refractivity contribution in [3.05, 3.63) is 93.7 Å². The molecule has 0 fully saturated rings. The number of anilines is 1. The SMILES string of the molecule is C=CCOC(=O)C1=C(C)NC(SCC(=O)Nc2cc(C)ccc2C)=C(C#N)[C@H]1c1ccc(OCC)cc1. The number of carbonyl (C=O) groups is 2. The van der Waals surface area contributed by atoms with Gasteiger partial charge in [0.1, 0.15) is 12.4 Å². The van der Waals surface area contributed by atoms with Crippen molar-refractivity contribution < 1.29 is 19.1 Å². The maximum atomic E-state index is 13.0. The summed E-state index contributed by atoms with van der Waals surface area (Å²) in [6.07, 6.45) is 1.49. The van der Waals surface area contributed by atoms with Crippen LogP contribution in [0, 0.1) is 25.2 Å². The summed E-state index contributed by atoms with van der Waals surface area (Å²) in [5.41, 5.74) is 4.75. The van der Waals surface area contributed by atoms with Gasteiger partial charge in [-0.05, 0) is 62.6 Å².